The number of rotatable bonds is 2. The molecule has 0 fully saturated rings. The largest absolute Gasteiger partial charge is 0.453 e. The number of nitrogens with zero attached hydrogens (tertiary/aromatic N) is 3. The maximum atomic E-state index is 5.73. The van der Waals surface area contributed by atoms with Gasteiger partial charge >= 0.3 is 0 Å². The number of benzene rings is 1. The summed E-state index contributed by atoms with van der Waals surface area (Å²) in [6.45, 7) is 3.01. The number of nitrogens with one attached hydrogen (secondary N) is 1. The van der Waals surface area contributed by atoms with E-state index in [1.54, 1.807) is 6.33 Å². The number of thiol groups is 1. The molecule has 0 amide bonds. The highest BCUT2D eigenvalue weighted by molar-refractivity contribution is 7.78. The molecule has 1 N–H and O–H groups in total. The van der Waals surface area contributed by atoms with E-state index >= 15 is 0 Å². The van der Waals surface area contributed by atoms with Gasteiger partial charge in [0.2, 0.25) is 6.79 Å². The number of fused-ring (bicyclic) bond motifs is 1. The number of aryl methyl sites for hydroxylation is 1. The molecule has 4 rings (SSSR count). The molecule has 3 heterocycles. The number of ether oxygens (including phenoxy) is 2. The number of imidazole rings is 1. The molecule has 0 radical (unpaired) electrons. The molecule has 6 nitrogen and oxygen atoms in total. The van der Waals surface area contributed by atoms with E-state index in [1.165, 1.54) is 0 Å². The van der Waals surface area contributed by atoms with Gasteiger partial charge in [-0.15, -0.1) is 0 Å². The van der Waals surface area contributed by atoms with Crippen molar-refractivity contribution in [1.29, 1.82) is 0 Å². The van der Waals surface area contributed by atoms with Crippen LogP contribution in [0.2, 0.25) is 0 Å². The van der Waals surface area contributed by atoms with E-state index in [2.05, 4.69) is 33.6 Å². The standard InChI is InChI=1S/C17H18N4O2S/c1-11-8-21(9-19-11)14-5-4-12(15-16(14)23-10-22-15)7-13-3-2-6-18-17(13)20-24/h4-5,7-9,24H,2-3,6,10H2,1H3,(H,18,20)/b13-7+. The number of amidine groups is 1. The van der Waals surface area contributed by atoms with Crippen molar-refractivity contribution in [2.45, 2.75) is 19.8 Å². The number of aliphatic imine (C=N–C) groups is 1. The zero-order valence-corrected chi connectivity index (χ0v) is 14.2. The molecule has 1 aromatic carbocycles. The Hall–Kier alpha value is -2.41. The van der Waals surface area contributed by atoms with Crippen LogP contribution in [0, 0.1) is 6.92 Å². The summed E-state index contributed by atoms with van der Waals surface area (Å²) in [4.78, 5) is 8.74. The Labute approximate surface area is 145 Å². The summed E-state index contributed by atoms with van der Waals surface area (Å²) >= 11 is 4.15. The van der Waals surface area contributed by atoms with E-state index in [0.29, 0.717) is 0 Å². The van der Waals surface area contributed by atoms with Crippen LogP contribution in [0.4, 0.5) is 0 Å². The van der Waals surface area contributed by atoms with E-state index in [9.17, 15) is 0 Å². The molecule has 2 aromatic rings. The van der Waals surface area contributed by atoms with Crippen molar-refractivity contribution < 1.29 is 9.47 Å². The third kappa shape index (κ3) is 2.65. The highest BCUT2D eigenvalue weighted by Crippen LogP contribution is 2.42. The number of hydrogen-bond donors (Lipinski definition) is 2. The van der Waals surface area contributed by atoms with Gasteiger partial charge in [0, 0.05) is 18.3 Å². The molecular formula is C17H18N4O2S. The van der Waals surface area contributed by atoms with Crippen molar-refractivity contribution in [3.8, 4) is 17.2 Å². The zero-order chi connectivity index (χ0) is 16.5. The first-order chi connectivity index (χ1) is 11.8. The third-order valence-electron chi connectivity index (χ3n) is 4.13. The van der Waals surface area contributed by atoms with Gasteiger partial charge < -0.3 is 18.8 Å². The van der Waals surface area contributed by atoms with E-state index in [0.717, 1.165) is 59.2 Å². The lowest BCUT2D eigenvalue weighted by Crippen LogP contribution is -2.20. The molecule has 0 bridgehead atoms. The number of aromatic nitrogens is 2. The smallest absolute Gasteiger partial charge is 0.231 e. The minimum absolute atomic E-state index is 0.224. The first kappa shape index (κ1) is 15.1. The van der Waals surface area contributed by atoms with Crippen LogP contribution in [-0.2, 0) is 0 Å². The summed E-state index contributed by atoms with van der Waals surface area (Å²) in [6, 6.07) is 4.06. The predicted octanol–water partition coefficient (Wildman–Crippen LogP) is 2.92. The van der Waals surface area contributed by atoms with Crippen LogP contribution >= 0.6 is 12.8 Å². The van der Waals surface area contributed by atoms with Crippen LogP contribution < -0.4 is 14.2 Å². The fourth-order valence-electron chi connectivity index (χ4n) is 2.99. The molecule has 0 saturated carbocycles. The van der Waals surface area contributed by atoms with Crippen LogP contribution in [0.15, 0.2) is 35.2 Å². The van der Waals surface area contributed by atoms with Gasteiger partial charge in [-0.05, 0) is 43.5 Å². The second-order valence-electron chi connectivity index (χ2n) is 5.78. The molecule has 0 atom stereocenters. The summed E-state index contributed by atoms with van der Waals surface area (Å²) in [5, 5.41) is 0. The summed E-state index contributed by atoms with van der Waals surface area (Å²) in [5.74, 6) is 2.33. The Bertz CT molecular complexity index is 841. The number of hydrogen-bond acceptors (Lipinski definition) is 6. The minimum Gasteiger partial charge on any atom is -0.453 e. The zero-order valence-electron chi connectivity index (χ0n) is 13.3. The minimum atomic E-state index is 0.224. The second kappa shape index (κ2) is 6.24. The van der Waals surface area contributed by atoms with Crippen molar-refractivity contribution >= 4 is 24.7 Å². The van der Waals surface area contributed by atoms with Crippen molar-refractivity contribution in [3.63, 3.8) is 0 Å². The van der Waals surface area contributed by atoms with Gasteiger partial charge in [-0.1, -0.05) is 12.8 Å². The molecular weight excluding hydrogens is 324 g/mol. The fraction of sp³-hybridized carbons (Fsp3) is 0.294. The molecule has 0 saturated heterocycles. The van der Waals surface area contributed by atoms with Gasteiger partial charge in [0.05, 0.1) is 17.7 Å². The first-order valence-electron chi connectivity index (χ1n) is 7.85. The van der Waals surface area contributed by atoms with Crippen LogP contribution in [0.1, 0.15) is 24.1 Å². The predicted molar refractivity (Wildman–Crippen MR) is 96.1 cm³/mol. The van der Waals surface area contributed by atoms with Crippen LogP contribution in [-0.4, -0.2) is 28.7 Å². The molecule has 2 aliphatic heterocycles. The summed E-state index contributed by atoms with van der Waals surface area (Å²) < 4.78 is 16.3. The van der Waals surface area contributed by atoms with Crippen LogP contribution in [0.3, 0.4) is 0 Å². The molecule has 2 aliphatic rings. The Balaban J connectivity index is 1.77. The maximum absolute atomic E-state index is 5.73. The van der Waals surface area contributed by atoms with Crippen molar-refractivity contribution in [3.05, 3.63) is 41.5 Å². The SMILES string of the molecule is Cc1cn(-c2ccc(/C=C3\CCCN=C3NS)c3c2OCO3)cn1. The van der Waals surface area contributed by atoms with Gasteiger partial charge in [-0.3, -0.25) is 4.99 Å². The van der Waals surface area contributed by atoms with E-state index < -0.39 is 0 Å². The van der Waals surface area contributed by atoms with Crippen molar-refractivity contribution in [2.75, 3.05) is 13.3 Å². The van der Waals surface area contributed by atoms with Gasteiger partial charge in [-0.2, -0.15) is 0 Å². The van der Waals surface area contributed by atoms with E-state index in [4.69, 9.17) is 9.47 Å². The lowest BCUT2D eigenvalue weighted by atomic mass is 10.0. The summed E-state index contributed by atoms with van der Waals surface area (Å²) in [7, 11) is 0. The molecule has 24 heavy (non-hydrogen) atoms. The van der Waals surface area contributed by atoms with Crippen molar-refractivity contribution in [2.24, 2.45) is 4.99 Å². The normalized spacial score (nSPS) is 17.9. The highest BCUT2D eigenvalue weighted by Gasteiger charge is 2.23. The topological polar surface area (TPSA) is 60.7 Å². The fourth-order valence-corrected chi connectivity index (χ4v) is 3.20. The lowest BCUT2D eigenvalue weighted by Gasteiger charge is -2.15. The lowest BCUT2D eigenvalue weighted by molar-refractivity contribution is 0.173. The molecule has 7 heteroatoms. The maximum Gasteiger partial charge on any atom is 0.231 e. The van der Waals surface area contributed by atoms with Gasteiger partial charge in [0.1, 0.15) is 5.84 Å². The average molecular weight is 342 g/mol. The Morgan fingerprint density at radius 1 is 1.29 bits per heavy atom. The highest BCUT2D eigenvalue weighted by atomic mass is 32.1. The van der Waals surface area contributed by atoms with Crippen LogP contribution in [0.5, 0.6) is 11.5 Å². The van der Waals surface area contributed by atoms with Gasteiger partial charge in [0.25, 0.3) is 0 Å². The second-order valence-corrected chi connectivity index (χ2v) is 6.00. The van der Waals surface area contributed by atoms with Gasteiger partial charge in [0.15, 0.2) is 11.5 Å². The first-order valence-corrected chi connectivity index (χ1v) is 8.30. The molecule has 1 aromatic heterocycles. The average Bonchev–Trinajstić information content (AvgIpc) is 3.25. The summed E-state index contributed by atoms with van der Waals surface area (Å²) in [6.07, 6.45) is 7.84. The van der Waals surface area contributed by atoms with Crippen LogP contribution in [0.25, 0.3) is 11.8 Å². The Morgan fingerprint density at radius 2 is 2.17 bits per heavy atom. The third-order valence-corrected chi connectivity index (χ3v) is 4.34. The molecule has 0 aliphatic carbocycles. The van der Waals surface area contributed by atoms with Crippen molar-refractivity contribution in [1.82, 2.24) is 14.3 Å². The molecule has 0 spiro atoms. The van der Waals surface area contributed by atoms with E-state index in [-0.39, 0.29) is 6.79 Å². The monoisotopic (exact) mass is 342 g/mol. The molecule has 0 unspecified atom stereocenters. The summed E-state index contributed by atoms with van der Waals surface area (Å²) in [5.41, 5.74) is 3.99. The molecule has 124 valence electrons. The van der Waals surface area contributed by atoms with E-state index in [1.807, 2.05) is 29.8 Å². The van der Waals surface area contributed by atoms with Gasteiger partial charge in [-0.25, -0.2) is 4.98 Å². The quantitative estimate of drug-likeness (QED) is 0.824. The Kier molecular flexibility index (Phi) is 3.93. The Morgan fingerprint density at radius 3 is 2.96 bits per heavy atom.